The van der Waals surface area contributed by atoms with Gasteiger partial charge in [0.05, 0.1) is 49.6 Å². The summed E-state index contributed by atoms with van der Waals surface area (Å²) in [4.78, 5) is 28.6. The van der Waals surface area contributed by atoms with Gasteiger partial charge in [0.1, 0.15) is 30.5 Å². The molecular formula is C38H65NO13. The maximum absolute atomic E-state index is 13.5. The van der Waals surface area contributed by atoms with Gasteiger partial charge in [-0.25, -0.2) is 0 Å². The van der Waals surface area contributed by atoms with E-state index in [1.165, 1.54) is 20.3 Å². The average molecular weight is 744 g/mol. The molecule has 17 atom stereocenters. The summed E-state index contributed by atoms with van der Waals surface area (Å²) >= 11 is 0. The van der Waals surface area contributed by atoms with Crippen LogP contribution in [0.15, 0.2) is 23.8 Å². The smallest absolute Gasteiger partial charge is 0.308 e. The van der Waals surface area contributed by atoms with E-state index in [9.17, 15) is 30.0 Å². The maximum Gasteiger partial charge on any atom is 0.308 e. The normalized spacial score (nSPS) is 44.9. The molecule has 0 aromatic rings. The highest BCUT2D eigenvalue weighted by Gasteiger charge is 2.47. The van der Waals surface area contributed by atoms with Gasteiger partial charge in [-0.1, -0.05) is 45.4 Å². The Labute approximate surface area is 309 Å². The fraction of sp³-hybridized carbons (Fsp3) is 0.842. The van der Waals surface area contributed by atoms with Crippen LogP contribution in [-0.4, -0.2) is 152 Å². The van der Waals surface area contributed by atoms with Crippen molar-refractivity contribution in [3.63, 3.8) is 0 Å². The maximum atomic E-state index is 13.5. The summed E-state index contributed by atoms with van der Waals surface area (Å²) in [5.41, 5.74) is 0.750. The summed E-state index contributed by atoms with van der Waals surface area (Å²) in [6.07, 6.45) is -4.78. The molecule has 0 saturated carbocycles. The topological polar surface area (TPSA) is 183 Å². The number of likely N-dealkylation sites (N-methyl/N-ethyl adjacent to an activating group) is 1. The molecule has 300 valence electrons. The fourth-order valence-electron chi connectivity index (χ4n) is 7.62. The molecule has 14 heteroatoms. The third-order valence-corrected chi connectivity index (χ3v) is 10.9. The highest BCUT2D eigenvalue weighted by molar-refractivity contribution is 5.91. The number of rotatable bonds is 9. The van der Waals surface area contributed by atoms with Crippen LogP contribution in [0.4, 0.5) is 0 Å². The van der Waals surface area contributed by atoms with Crippen molar-refractivity contribution in [2.24, 2.45) is 23.7 Å². The van der Waals surface area contributed by atoms with Gasteiger partial charge in [-0.3, -0.25) is 9.59 Å². The van der Waals surface area contributed by atoms with Gasteiger partial charge in [0.25, 0.3) is 0 Å². The molecule has 0 aromatic heterocycles. The zero-order valence-electron chi connectivity index (χ0n) is 32.8. The van der Waals surface area contributed by atoms with Gasteiger partial charge in [-0.2, -0.15) is 0 Å². The summed E-state index contributed by atoms with van der Waals surface area (Å²) in [5, 5.41) is 44.0. The highest BCUT2D eigenvalue weighted by Crippen LogP contribution is 2.33. The van der Waals surface area contributed by atoms with Crippen LogP contribution >= 0.6 is 0 Å². The Morgan fingerprint density at radius 2 is 1.46 bits per heavy atom. The van der Waals surface area contributed by atoms with Crippen LogP contribution < -0.4 is 0 Å². The Balaban J connectivity index is 1.90. The second-order valence-corrected chi connectivity index (χ2v) is 15.2. The van der Waals surface area contributed by atoms with Crippen LogP contribution in [0.25, 0.3) is 0 Å². The molecule has 3 heterocycles. The Morgan fingerprint density at radius 1 is 0.846 bits per heavy atom. The number of hydrogen-bond donors (Lipinski definition) is 4. The number of allylic oxidation sites excluding steroid dienone is 3. The predicted octanol–water partition coefficient (Wildman–Crippen LogP) is 1.99. The van der Waals surface area contributed by atoms with Crippen molar-refractivity contribution in [3.05, 3.63) is 23.8 Å². The van der Waals surface area contributed by atoms with E-state index in [2.05, 4.69) is 0 Å². The zero-order chi connectivity index (χ0) is 39.0. The number of hydrogen-bond acceptors (Lipinski definition) is 14. The van der Waals surface area contributed by atoms with Gasteiger partial charge in [-0.15, -0.1) is 0 Å². The number of esters is 1. The largest absolute Gasteiger partial charge is 0.462 e. The van der Waals surface area contributed by atoms with Gasteiger partial charge in [-0.05, 0) is 59.7 Å². The first-order valence-corrected chi connectivity index (χ1v) is 18.6. The zero-order valence-corrected chi connectivity index (χ0v) is 32.8. The van der Waals surface area contributed by atoms with Crippen LogP contribution in [0.1, 0.15) is 67.7 Å². The quantitative estimate of drug-likeness (QED) is 0.252. The van der Waals surface area contributed by atoms with E-state index in [0.717, 1.165) is 5.57 Å². The molecule has 0 aromatic carbocycles. The molecule has 3 rings (SSSR count). The molecule has 17 unspecified atom stereocenters. The number of nitrogens with zero attached hydrogens (tertiary/aromatic N) is 1. The molecule has 2 saturated heterocycles. The first-order chi connectivity index (χ1) is 24.4. The third-order valence-electron chi connectivity index (χ3n) is 10.9. The molecule has 3 aliphatic heterocycles. The minimum Gasteiger partial charge on any atom is -0.462 e. The van der Waals surface area contributed by atoms with Crippen molar-refractivity contribution < 1.29 is 63.2 Å². The first kappa shape index (κ1) is 44.6. The van der Waals surface area contributed by atoms with Gasteiger partial charge in [0.15, 0.2) is 18.4 Å². The molecule has 0 amide bonds. The van der Waals surface area contributed by atoms with Gasteiger partial charge < -0.3 is 58.5 Å². The van der Waals surface area contributed by atoms with E-state index in [-0.39, 0.29) is 24.7 Å². The number of aliphatic hydroxyl groups is 4. The summed E-state index contributed by atoms with van der Waals surface area (Å²) in [6, 6.07) is -0.670. The Hall–Kier alpha value is -1.82. The molecular weight excluding hydrogens is 678 g/mol. The first-order valence-electron chi connectivity index (χ1n) is 18.6. The Bertz CT molecular complexity index is 1200. The summed E-state index contributed by atoms with van der Waals surface area (Å²) in [7, 11) is 6.46. The van der Waals surface area contributed by atoms with Crippen LogP contribution in [0.2, 0.25) is 0 Å². The third kappa shape index (κ3) is 11.1. The summed E-state index contributed by atoms with van der Waals surface area (Å²) in [6.45, 7) is 12.7. The molecule has 4 N–H and O–H groups in total. The molecule has 52 heavy (non-hydrogen) atoms. The van der Waals surface area contributed by atoms with E-state index < -0.39 is 103 Å². The Kier molecular flexibility index (Phi) is 17.3. The predicted molar refractivity (Wildman–Crippen MR) is 191 cm³/mol. The van der Waals surface area contributed by atoms with Gasteiger partial charge in [0, 0.05) is 32.0 Å². The summed E-state index contributed by atoms with van der Waals surface area (Å²) < 4.78 is 41.7. The fourth-order valence-corrected chi connectivity index (χ4v) is 7.62. The molecule has 0 spiro atoms. The van der Waals surface area contributed by atoms with Crippen molar-refractivity contribution in [1.29, 1.82) is 0 Å². The van der Waals surface area contributed by atoms with E-state index in [1.807, 2.05) is 33.8 Å². The molecule has 2 fully saturated rings. The van der Waals surface area contributed by atoms with Crippen molar-refractivity contribution in [2.75, 3.05) is 34.9 Å². The van der Waals surface area contributed by atoms with Gasteiger partial charge in [0.2, 0.25) is 0 Å². The van der Waals surface area contributed by atoms with Crippen LogP contribution in [0, 0.1) is 23.7 Å². The van der Waals surface area contributed by atoms with Gasteiger partial charge >= 0.3 is 5.97 Å². The van der Waals surface area contributed by atoms with E-state index in [1.54, 1.807) is 45.8 Å². The molecule has 0 radical (unpaired) electrons. The van der Waals surface area contributed by atoms with E-state index in [4.69, 9.17) is 33.2 Å². The number of carbonyl (C=O) groups excluding carboxylic acids is 2. The van der Waals surface area contributed by atoms with Crippen LogP contribution in [-0.2, 0) is 42.7 Å². The van der Waals surface area contributed by atoms with Crippen molar-refractivity contribution in [1.82, 2.24) is 4.90 Å². The van der Waals surface area contributed by atoms with Crippen LogP contribution in [0.3, 0.4) is 0 Å². The monoisotopic (exact) mass is 743 g/mol. The van der Waals surface area contributed by atoms with E-state index >= 15 is 0 Å². The number of ether oxygens (including phenoxy) is 7. The standard InChI is InChI=1S/C38H65NO13/c1-12-28-25(18-48-38-36(47-11)35(46-10)32(44)24(7)50-38)15-19(2)13-14-26(40)20(3)16-21(4)34(22(5)27(41)17-29(42)51-28)52-37-33(45)30(39(8)9)31(43)23(6)49-37/h13-15,20-25,27-28,30-38,41,43-45H,12,16-18H2,1-11H3/b14-13-,19-15-. The lowest BCUT2D eigenvalue weighted by Gasteiger charge is -2.46. The highest BCUT2D eigenvalue weighted by atomic mass is 16.7. The number of ketones is 1. The van der Waals surface area contributed by atoms with Crippen LogP contribution in [0.5, 0.6) is 0 Å². The SMILES string of the molecule is CCC1OC(=O)CC(O)C(C)C(OC2OC(C)C(O)C(N(C)C)C2O)C(C)CC(C)C(=O)/C=C\C(C)=C/C1COC1OC(C)C(O)C(OC)C1OC. The molecule has 3 aliphatic rings. The average Bonchev–Trinajstić information content (AvgIpc) is 3.09. The second kappa shape index (κ2) is 20.2. The lowest BCUT2D eigenvalue weighted by atomic mass is 9.82. The molecule has 14 nitrogen and oxygen atoms in total. The van der Waals surface area contributed by atoms with Crippen molar-refractivity contribution in [3.8, 4) is 0 Å². The van der Waals surface area contributed by atoms with E-state index in [0.29, 0.717) is 12.8 Å². The van der Waals surface area contributed by atoms with Crippen molar-refractivity contribution in [2.45, 2.75) is 147 Å². The Morgan fingerprint density at radius 3 is 2.06 bits per heavy atom. The molecule has 0 bridgehead atoms. The summed E-state index contributed by atoms with van der Waals surface area (Å²) in [5.74, 6) is -2.56. The number of cyclic esters (lactones) is 1. The number of methoxy groups -OCH3 is 2. The number of aliphatic hydroxyl groups excluding tert-OH is 4. The minimum atomic E-state index is -1.21. The second-order valence-electron chi connectivity index (χ2n) is 15.2. The lowest BCUT2D eigenvalue weighted by molar-refractivity contribution is -0.304. The van der Waals surface area contributed by atoms with Crippen molar-refractivity contribution >= 4 is 11.8 Å². The molecule has 0 aliphatic carbocycles. The minimum absolute atomic E-state index is 0.0439. The lowest BCUT2D eigenvalue weighted by Crippen LogP contribution is -2.63. The number of carbonyl (C=O) groups is 2.